The Kier molecular flexibility index (Phi) is 4.68. The van der Waals surface area contributed by atoms with Gasteiger partial charge in [-0.15, -0.1) is 0 Å². The normalized spacial score (nSPS) is 17.8. The van der Waals surface area contributed by atoms with E-state index in [1.807, 2.05) is 9.80 Å². The minimum atomic E-state index is -0.0444. The van der Waals surface area contributed by atoms with Gasteiger partial charge < -0.3 is 9.80 Å². The molecule has 18 heavy (non-hydrogen) atoms. The SMILES string of the molecule is CC(C)(C)CCCCN1CCN(C(C)(C)C)C1=O. The second-order valence-electron chi connectivity index (χ2n) is 7.61. The van der Waals surface area contributed by atoms with Crippen LogP contribution in [0.5, 0.6) is 0 Å². The van der Waals surface area contributed by atoms with Crippen molar-refractivity contribution in [2.75, 3.05) is 19.6 Å². The van der Waals surface area contributed by atoms with Crippen LogP contribution in [0.4, 0.5) is 4.79 Å². The van der Waals surface area contributed by atoms with Crippen LogP contribution in [0, 0.1) is 5.41 Å². The fraction of sp³-hybridized carbons (Fsp3) is 0.933. The van der Waals surface area contributed by atoms with E-state index < -0.39 is 0 Å². The van der Waals surface area contributed by atoms with Gasteiger partial charge in [-0.25, -0.2) is 4.79 Å². The van der Waals surface area contributed by atoms with Crippen LogP contribution in [0.3, 0.4) is 0 Å². The van der Waals surface area contributed by atoms with Crippen molar-refractivity contribution in [1.82, 2.24) is 9.80 Å². The average molecular weight is 254 g/mol. The highest BCUT2D eigenvalue weighted by atomic mass is 16.2. The lowest BCUT2D eigenvalue weighted by molar-refractivity contribution is 0.155. The highest BCUT2D eigenvalue weighted by molar-refractivity contribution is 5.77. The van der Waals surface area contributed by atoms with Crippen molar-refractivity contribution in [3.05, 3.63) is 0 Å². The number of rotatable bonds is 4. The fourth-order valence-corrected chi connectivity index (χ4v) is 2.37. The van der Waals surface area contributed by atoms with E-state index in [0.29, 0.717) is 5.41 Å². The molecule has 0 aromatic rings. The third-order valence-electron chi connectivity index (χ3n) is 3.51. The van der Waals surface area contributed by atoms with E-state index in [1.54, 1.807) is 0 Å². The van der Waals surface area contributed by atoms with Crippen LogP contribution in [0.25, 0.3) is 0 Å². The van der Waals surface area contributed by atoms with Crippen molar-refractivity contribution in [3.8, 4) is 0 Å². The number of urea groups is 1. The van der Waals surface area contributed by atoms with Crippen LogP contribution in [0.15, 0.2) is 0 Å². The zero-order valence-electron chi connectivity index (χ0n) is 13.0. The highest BCUT2D eigenvalue weighted by Crippen LogP contribution is 2.23. The van der Waals surface area contributed by atoms with E-state index in [-0.39, 0.29) is 11.6 Å². The predicted octanol–water partition coefficient (Wildman–Crippen LogP) is 3.74. The molecule has 3 heteroatoms. The molecule has 0 radical (unpaired) electrons. The molecule has 3 nitrogen and oxygen atoms in total. The smallest absolute Gasteiger partial charge is 0.320 e. The maximum absolute atomic E-state index is 12.2. The number of carbonyl (C=O) groups is 1. The lowest BCUT2D eigenvalue weighted by atomic mass is 9.90. The summed E-state index contributed by atoms with van der Waals surface area (Å²) in [4.78, 5) is 16.2. The summed E-state index contributed by atoms with van der Waals surface area (Å²) in [6, 6.07) is 0.221. The molecule has 0 aliphatic carbocycles. The Balaban J connectivity index is 2.32. The van der Waals surface area contributed by atoms with E-state index in [1.165, 1.54) is 12.8 Å². The number of hydrogen-bond acceptors (Lipinski definition) is 1. The topological polar surface area (TPSA) is 23.6 Å². The molecule has 0 unspecified atom stereocenters. The van der Waals surface area contributed by atoms with Gasteiger partial charge in [0.2, 0.25) is 0 Å². The summed E-state index contributed by atoms with van der Waals surface area (Å²) in [7, 11) is 0. The molecule has 0 aromatic heterocycles. The summed E-state index contributed by atoms with van der Waals surface area (Å²) >= 11 is 0. The molecule has 1 aliphatic rings. The third-order valence-corrected chi connectivity index (χ3v) is 3.51. The predicted molar refractivity (Wildman–Crippen MR) is 76.7 cm³/mol. The average Bonchev–Trinajstić information content (AvgIpc) is 2.53. The first-order valence-electron chi connectivity index (χ1n) is 7.18. The maximum atomic E-state index is 12.2. The lowest BCUT2D eigenvalue weighted by Gasteiger charge is -2.31. The second kappa shape index (κ2) is 5.50. The third kappa shape index (κ3) is 4.51. The Labute approximate surface area is 113 Å². The molecule has 0 atom stereocenters. The van der Waals surface area contributed by atoms with E-state index in [9.17, 15) is 4.79 Å². The minimum Gasteiger partial charge on any atom is -0.323 e. The monoisotopic (exact) mass is 254 g/mol. The van der Waals surface area contributed by atoms with Crippen LogP contribution in [0.2, 0.25) is 0 Å². The van der Waals surface area contributed by atoms with Gasteiger partial charge in [0.25, 0.3) is 0 Å². The molecule has 1 rings (SSSR count). The molecule has 1 heterocycles. The van der Waals surface area contributed by atoms with E-state index in [2.05, 4.69) is 41.5 Å². The van der Waals surface area contributed by atoms with Gasteiger partial charge in [-0.05, 0) is 39.0 Å². The maximum Gasteiger partial charge on any atom is 0.320 e. The first-order chi connectivity index (χ1) is 8.11. The van der Waals surface area contributed by atoms with Gasteiger partial charge in [-0.1, -0.05) is 27.2 Å². The van der Waals surface area contributed by atoms with Gasteiger partial charge in [0, 0.05) is 25.2 Å². The van der Waals surface area contributed by atoms with Gasteiger partial charge in [0.1, 0.15) is 0 Å². The molecular weight excluding hydrogens is 224 g/mol. The molecule has 0 saturated carbocycles. The number of amides is 2. The molecule has 0 bridgehead atoms. The molecule has 1 saturated heterocycles. The van der Waals surface area contributed by atoms with Crippen LogP contribution < -0.4 is 0 Å². The van der Waals surface area contributed by atoms with E-state index in [0.717, 1.165) is 26.1 Å². The Bertz CT molecular complexity index is 286. The lowest BCUT2D eigenvalue weighted by Crippen LogP contribution is -2.44. The molecule has 1 fully saturated rings. The van der Waals surface area contributed by atoms with Gasteiger partial charge in [0.05, 0.1) is 0 Å². The molecule has 2 amide bonds. The minimum absolute atomic E-state index is 0.0444. The Morgan fingerprint density at radius 3 is 2.06 bits per heavy atom. The summed E-state index contributed by atoms with van der Waals surface area (Å²) in [5.41, 5.74) is 0.365. The number of hydrogen-bond donors (Lipinski definition) is 0. The van der Waals surface area contributed by atoms with Gasteiger partial charge >= 0.3 is 6.03 Å². The van der Waals surface area contributed by atoms with Crippen LogP contribution in [-0.2, 0) is 0 Å². The van der Waals surface area contributed by atoms with Crippen molar-refractivity contribution in [1.29, 1.82) is 0 Å². The number of unbranched alkanes of at least 4 members (excludes halogenated alkanes) is 1. The summed E-state index contributed by atoms with van der Waals surface area (Å²) in [6.45, 7) is 15.8. The summed E-state index contributed by atoms with van der Waals surface area (Å²) in [5.74, 6) is 0. The molecule has 0 N–H and O–H groups in total. The number of carbonyl (C=O) groups excluding carboxylic acids is 1. The Morgan fingerprint density at radius 2 is 1.61 bits per heavy atom. The van der Waals surface area contributed by atoms with E-state index in [4.69, 9.17) is 0 Å². The summed E-state index contributed by atoms with van der Waals surface area (Å²) in [5, 5.41) is 0. The zero-order valence-corrected chi connectivity index (χ0v) is 13.0. The van der Waals surface area contributed by atoms with Gasteiger partial charge in [-0.2, -0.15) is 0 Å². The summed E-state index contributed by atoms with van der Waals surface area (Å²) in [6.07, 6.45) is 3.57. The second-order valence-corrected chi connectivity index (χ2v) is 7.61. The largest absolute Gasteiger partial charge is 0.323 e. The molecule has 106 valence electrons. The van der Waals surface area contributed by atoms with Crippen molar-refractivity contribution >= 4 is 6.03 Å². The Hall–Kier alpha value is -0.730. The first kappa shape index (κ1) is 15.3. The number of nitrogens with zero attached hydrogens (tertiary/aromatic N) is 2. The van der Waals surface area contributed by atoms with Gasteiger partial charge in [0.15, 0.2) is 0 Å². The highest BCUT2D eigenvalue weighted by Gasteiger charge is 2.35. The fourth-order valence-electron chi connectivity index (χ4n) is 2.37. The molecule has 1 aliphatic heterocycles. The molecule has 0 aromatic carbocycles. The zero-order chi connectivity index (χ0) is 14.0. The molecular formula is C15H30N2O. The first-order valence-corrected chi connectivity index (χ1v) is 7.18. The van der Waals surface area contributed by atoms with Gasteiger partial charge in [-0.3, -0.25) is 0 Å². The van der Waals surface area contributed by atoms with Crippen molar-refractivity contribution in [3.63, 3.8) is 0 Å². The van der Waals surface area contributed by atoms with Crippen LogP contribution in [-0.4, -0.2) is 41.0 Å². The quantitative estimate of drug-likeness (QED) is 0.701. The van der Waals surface area contributed by atoms with E-state index >= 15 is 0 Å². The van der Waals surface area contributed by atoms with Crippen molar-refractivity contribution in [2.45, 2.75) is 66.3 Å². The summed E-state index contributed by atoms with van der Waals surface area (Å²) < 4.78 is 0. The van der Waals surface area contributed by atoms with Crippen molar-refractivity contribution in [2.24, 2.45) is 5.41 Å². The molecule has 0 spiro atoms. The van der Waals surface area contributed by atoms with Crippen LogP contribution in [0.1, 0.15) is 60.8 Å². The van der Waals surface area contributed by atoms with Crippen LogP contribution >= 0.6 is 0 Å². The Morgan fingerprint density at radius 1 is 1.00 bits per heavy atom. The standard InChI is InChI=1S/C15H30N2O/c1-14(2,3)9-7-8-10-16-11-12-17(13(16)18)15(4,5)6/h7-12H2,1-6H3. The van der Waals surface area contributed by atoms with Crippen molar-refractivity contribution < 1.29 is 4.79 Å².